The Morgan fingerprint density at radius 1 is 1.40 bits per heavy atom. The Balaban J connectivity index is 1.75. The highest BCUT2D eigenvalue weighted by Crippen LogP contribution is 2.16. The summed E-state index contributed by atoms with van der Waals surface area (Å²) in [6.07, 6.45) is 1.71. The van der Waals surface area contributed by atoms with Crippen molar-refractivity contribution in [3.63, 3.8) is 0 Å². The molecule has 0 unspecified atom stereocenters. The van der Waals surface area contributed by atoms with E-state index in [2.05, 4.69) is 15.6 Å². The van der Waals surface area contributed by atoms with Crippen LogP contribution >= 0.6 is 0 Å². The zero-order valence-electron chi connectivity index (χ0n) is 11.2. The van der Waals surface area contributed by atoms with Gasteiger partial charge in [0.25, 0.3) is 0 Å². The van der Waals surface area contributed by atoms with Crippen LogP contribution in [0.15, 0.2) is 30.5 Å². The normalized spacial score (nSPS) is 14.8. The fourth-order valence-electron chi connectivity index (χ4n) is 2.04. The van der Waals surface area contributed by atoms with E-state index in [9.17, 15) is 4.79 Å². The summed E-state index contributed by atoms with van der Waals surface area (Å²) in [6.45, 7) is 4.28. The molecule has 3 rings (SSSR count). The minimum atomic E-state index is -0.119. The van der Waals surface area contributed by atoms with E-state index in [1.165, 1.54) is 0 Å². The SMILES string of the molecule is CCOc1ccc(C(=O)c2cn(C3CNC3)nn2)cc1. The molecule has 1 aromatic carbocycles. The van der Waals surface area contributed by atoms with E-state index in [1.54, 1.807) is 35.1 Å². The summed E-state index contributed by atoms with van der Waals surface area (Å²) in [5.41, 5.74) is 0.966. The Bertz CT molecular complexity index is 602. The highest BCUT2D eigenvalue weighted by atomic mass is 16.5. The van der Waals surface area contributed by atoms with Crippen LogP contribution < -0.4 is 10.1 Å². The molecule has 6 nitrogen and oxygen atoms in total. The van der Waals surface area contributed by atoms with Crippen molar-refractivity contribution in [2.75, 3.05) is 19.7 Å². The zero-order chi connectivity index (χ0) is 13.9. The van der Waals surface area contributed by atoms with Crippen LogP contribution in [0, 0.1) is 0 Å². The summed E-state index contributed by atoms with van der Waals surface area (Å²) in [6, 6.07) is 7.38. The molecule has 0 spiro atoms. The summed E-state index contributed by atoms with van der Waals surface area (Å²) < 4.78 is 7.10. The first kappa shape index (κ1) is 12.8. The molecule has 0 saturated carbocycles. The summed E-state index contributed by atoms with van der Waals surface area (Å²) in [4.78, 5) is 12.3. The lowest BCUT2D eigenvalue weighted by atomic mass is 10.1. The van der Waals surface area contributed by atoms with E-state index >= 15 is 0 Å². The fourth-order valence-corrected chi connectivity index (χ4v) is 2.04. The first-order valence-electron chi connectivity index (χ1n) is 6.68. The highest BCUT2D eigenvalue weighted by molar-refractivity contribution is 6.07. The Morgan fingerprint density at radius 3 is 2.75 bits per heavy atom. The van der Waals surface area contributed by atoms with E-state index in [4.69, 9.17) is 4.74 Å². The minimum Gasteiger partial charge on any atom is -0.494 e. The van der Waals surface area contributed by atoms with E-state index in [-0.39, 0.29) is 5.78 Å². The smallest absolute Gasteiger partial charge is 0.214 e. The minimum absolute atomic E-state index is 0.119. The second kappa shape index (κ2) is 5.42. The van der Waals surface area contributed by atoms with Gasteiger partial charge < -0.3 is 10.1 Å². The second-order valence-electron chi connectivity index (χ2n) is 4.68. The lowest BCUT2D eigenvalue weighted by molar-refractivity contribution is 0.103. The Hall–Kier alpha value is -2.21. The monoisotopic (exact) mass is 272 g/mol. The van der Waals surface area contributed by atoms with Gasteiger partial charge in [-0.1, -0.05) is 5.21 Å². The van der Waals surface area contributed by atoms with Gasteiger partial charge in [-0.15, -0.1) is 5.10 Å². The van der Waals surface area contributed by atoms with Crippen molar-refractivity contribution in [3.05, 3.63) is 41.7 Å². The zero-order valence-corrected chi connectivity index (χ0v) is 11.2. The maximum Gasteiger partial charge on any atom is 0.214 e. The molecule has 20 heavy (non-hydrogen) atoms. The number of ether oxygens (including phenoxy) is 1. The molecule has 0 amide bonds. The molecule has 1 saturated heterocycles. The van der Waals surface area contributed by atoms with Crippen LogP contribution in [0.4, 0.5) is 0 Å². The average Bonchev–Trinajstić information content (AvgIpc) is 2.86. The van der Waals surface area contributed by atoms with E-state index < -0.39 is 0 Å². The summed E-state index contributed by atoms with van der Waals surface area (Å²) in [5.74, 6) is 0.639. The number of nitrogens with zero attached hydrogens (tertiary/aromatic N) is 3. The lowest BCUT2D eigenvalue weighted by Crippen LogP contribution is -2.43. The molecule has 6 heteroatoms. The van der Waals surface area contributed by atoms with E-state index in [1.807, 2.05) is 6.92 Å². The molecule has 1 aromatic heterocycles. The van der Waals surface area contributed by atoms with Crippen molar-refractivity contribution in [2.45, 2.75) is 13.0 Å². The standard InChI is InChI=1S/C14H16N4O2/c1-2-20-12-5-3-10(4-6-12)14(19)13-9-18(17-16-13)11-7-15-8-11/h3-6,9,11,15H,2,7-8H2,1H3. The molecule has 2 aromatic rings. The predicted molar refractivity (Wildman–Crippen MR) is 73.0 cm³/mol. The number of hydrogen-bond donors (Lipinski definition) is 1. The topological polar surface area (TPSA) is 69.0 Å². The third-order valence-corrected chi connectivity index (χ3v) is 3.30. The fraction of sp³-hybridized carbons (Fsp3) is 0.357. The quantitative estimate of drug-likeness (QED) is 0.824. The third kappa shape index (κ3) is 2.42. The van der Waals surface area contributed by atoms with Gasteiger partial charge in [0.1, 0.15) is 5.75 Å². The molecule has 104 valence electrons. The summed E-state index contributed by atoms with van der Waals surface area (Å²) in [7, 11) is 0. The number of rotatable bonds is 5. The number of hydrogen-bond acceptors (Lipinski definition) is 5. The maximum atomic E-state index is 12.3. The van der Waals surface area contributed by atoms with Gasteiger partial charge in [0, 0.05) is 18.7 Å². The van der Waals surface area contributed by atoms with Crippen molar-refractivity contribution >= 4 is 5.78 Å². The summed E-state index contributed by atoms with van der Waals surface area (Å²) in [5, 5.41) is 11.1. The Labute approximate surface area is 116 Å². The van der Waals surface area contributed by atoms with Crippen LogP contribution in [0.25, 0.3) is 0 Å². The van der Waals surface area contributed by atoms with Crippen LogP contribution in [0.3, 0.4) is 0 Å². The van der Waals surface area contributed by atoms with Gasteiger partial charge in [0.05, 0.1) is 18.8 Å². The van der Waals surface area contributed by atoms with Crippen LogP contribution in [0.1, 0.15) is 29.0 Å². The number of benzene rings is 1. The molecule has 1 fully saturated rings. The van der Waals surface area contributed by atoms with Crippen LogP contribution in [-0.2, 0) is 0 Å². The van der Waals surface area contributed by atoms with Gasteiger partial charge in [-0.05, 0) is 31.2 Å². The third-order valence-electron chi connectivity index (χ3n) is 3.30. The van der Waals surface area contributed by atoms with Gasteiger partial charge in [0.15, 0.2) is 5.69 Å². The summed E-state index contributed by atoms with van der Waals surface area (Å²) >= 11 is 0. The van der Waals surface area contributed by atoms with Gasteiger partial charge in [-0.3, -0.25) is 4.79 Å². The maximum absolute atomic E-state index is 12.3. The van der Waals surface area contributed by atoms with Gasteiger partial charge in [0.2, 0.25) is 5.78 Å². The molecule has 0 radical (unpaired) electrons. The number of carbonyl (C=O) groups excluding carboxylic acids is 1. The van der Waals surface area contributed by atoms with Crippen LogP contribution in [-0.4, -0.2) is 40.5 Å². The van der Waals surface area contributed by atoms with Crippen LogP contribution in [0.2, 0.25) is 0 Å². The Morgan fingerprint density at radius 2 is 2.15 bits per heavy atom. The molecule has 2 heterocycles. The van der Waals surface area contributed by atoms with Gasteiger partial charge >= 0.3 is 0 Å². The number of carbonyl (C=O) groups is 1. The molecule has 1 aliphatic heterocycles. The van der Waals surface area contributed by atoms with Crippen LogP contribution in [0.5, 0.6) is 5.75 Å². The van der Waals surface area contributed by atoms with Crippen molar-refractivity contribution in [1.82, 2.24) is 20.3 Å². The van der Waals surface area contributed by atoms with Crippen molar-refractivity contribution in [3.8, 4) is 5.75 Å². The molecule has 1 aliphatic rings. The number of aromatic nitrogens is 3. The average molecular weight is 272 g/mol. The van der Waals surface area contributed by atoms with Gasteiger partial charge in [-0.25, -0.2) is 4.68 Å². The molecular weight excluding hydrogens is 256 g/mol. The first-order chi connectivity index (χ1) is 9.78. The molecule has 0 aliphatic carbocycles. The molecule has 0 bridgehead atoms. The van der Waals surface area contributed by atoms with Crippen molar-refractivity contribution in [2.24, 2.45) is 0 Å². The predicted octanol–water partition coefficient (Wildman–Crippen LogP) is 1.05. The van der Waals surface area contributed by atoms with Crippen molar-refractivity contribution < 1.29 is 9.53 Å². The molecular formula is C14H16N4O2. The second-order valence-corrected chi connectivity index (χ2v) is 4.68. The van der Waals surface area contributed by atoms with Gasteiger partial charge in [-0.2, -0.15) is 0 Å². The first-order valence-corrected chi connectivity index (χ1v) is 6.68. The number of nitrogens with one attached hydrogen (secondary N) is 1. The van der Waals surface area contributed by atoms with E-state index in [0.717, 1.165) is 18.8 Å². The largest absolute Gasteiger partial charge is 0.494 e. The lowest BCUT2D eigenvalue weighted by Gasteiger charge is -2.26. The van der Waals surface area contributed by atoms with Crippen molar-refractivity contribution in [1.29, 1.82) is 0 Å². The molecule has 0 atom stereocenters. The highest BCUT2D eigenvalue weighted by Gasteiger charge is 2.22. The molecule has 1 N–H and O–H groups in total. The number of ketones is 1. The Kier molecular flexibility index (Phi) is 3.47. The van der Waals surface area contributed by atoms with E-state index in [0.29, 0.717) is 23.9 Å².